The molecule has 0 atom stereocenters. The summed E-state index contributed by atoms with van der Waals surface area (Å²) in [7, 11) is 1.57. The highest BCUT2D eigenvalue weighted by Gasteiger charge is 2.14. The minimum absolute atomic E-state index is 0.173. The van der Waals surface area contributed by atoms with Crippen LogP contribution in [0.3, 0.4) is 0 Å². The van der Waals surface area contributed by atoms with Crippen LogP contribution in [0.15, 0.2) is 24.3 Å². The van der Waals surface area contributed by atoms with Gasteiger partial charge in [0.1, 0.15) is 11.6 Å². The van der Waals surface area contributed by atoms with Crippen molar-refractivity contribution >= 4 is 10.8 Å². The molecule has 0 fully saturated rings. The van der Waals surface area contributed by atoms with Crippen LogP contribution in [0.5, 0.6) is 5.75 Å². The maximum absolute atomic E-state index is 13.9. The highest BCUT2D eigenvalue weighted by Crippen LogP contribution is 2.33. The van der Waals surface area contributed by atoms with Crippen molar-refractivity contribution in [3.8, 4) is 18.1 Å². The van der Waals surface area contributed by atoms with Crippen molar-refractivity contribution in [1.29, 1.82) is 0 Å². The molecule has 2 rings (SSSR count). The lowest BCUT2D eigenvalue weighted by molar-refractivity contribution is 0.0512. The molecule has 0 saturated heterocycles. The van der Waals surface area contributed by atoms with Gasteiger partial charge < -0.3 is 9.47 Å². The number of halogens is 1. The Balaban J connectivity index is 2.72. The van der Waals surface area contributed by atoms with Gasteiger partial charge >= 0.3 is 0 Å². The Morgan fingerprint density at radius 2 is 2.05 bits per heavy atom. The average molecular weight is 272 g/mol. The second-order valence-electron chi connectivity index (χ2n) is 4.88. The maximum Gasteiger partial charge on any atom is 0.188 e. The van der Waals surface area contributed by atoms with Crippen LogP contribution in [0.25, 0.3) is 10.8 Å². The Morgan fingerprint density at radius 1 is 1.30 bits per heavy atom. The molecule has 0 saturated carbocycles. The van der Waals surface area contributed by atoms with E-state index in [1.807, 2.05) is 26.0 Å². The lowest BCUT2D eigenvalue weighted by Crippen LogP contribution is -2.01. The quantitative estimate of drug-likeness (QED) is 0.617. The van der Waals surface area contributed by atoms with Crippen molar-refractivity contribution < 1.29 is 13.9 Å². The van der Waals surface area contributed by atoms with Crippen LogP contribution in [0, 0.1) is 18.2 Å². The Labute approximate surface area is 118 Å². The number of hydrogen-bond acceptors (Lipinski definition) is 2. The second-order valence-corrected chi connectivity index (χ2v) is 4.88. The first kappa shape index (κ1) is 14.4. The largest absolute Gasteiger partial charge is 0.468 e. The Bertz CT molecular complexity index is 669. The topological polar surface area (TPSA) is 18.5 Å². The van der Waals surface area contributed by atoms with Gasteiger partial charge in [0.25, 0.3) is 0 Å². The molecule has 0 amide bonds. The molecule has 3 heteroatoms. The van der Waals surface area contributed by atoms with E-state index in [2.05, 4.69) is 5.92 Å². The van der Waals surface area contributed by atoms with Gasteiger partial charge in [-0.3, -0.25) is 0 Å². The van der Waals surface area contributed by atoms with E-state index in [-0.39, 0.29) is 18.5 Å². The molecular weight excluding hydrogens is 255 g/mol. The lowest BCUT2D eigenvalue weighted by Gasteiger charge is -2.15. The van der Waals surface area contributed by atoms with Crippen molar-refractivity contribution in [2.45, 2.75) is 19.8 Å². The van der Waals surface area contributed by atoms with Gasteiger partial charge in [0.2, 0.25) is 0 Å². The standard InChI is InChI=1S/C17H17FO2/c1-5-14-16(18)7-6-12-8-13(20-10-19-4)9-15(11(2)3)17(12)14/h1,6-9,11H,10H2,2-4H3. The van der Waals surface area contributed by atoms with E-state index in [0.717, 1.165) is 16.3 Å². The van der Waals surface area contributed by atoms with Gasteiger partial charge in [-0.1, -0.05) is 25.8 Å². The van der Waals surface area contributed by atoms with Crippen molar-refractivity contribution in [2.24, 2.45) is 0 Å². The van der Waals surface area contributed by atoms with Gasteiger partial charge in [0.05, 0.1) is 5.56 Å². The molecule has 0 aliphatic heterocycles. The van der Waals surface area contributed by atoms with Crippen LogP contribution in [0.4, 0.5) is 4.39 Å². The molecular formula is C17H17FO2. The SMILES string of the molecule is C#Cc1c(F)ccc2cc(OCOC)cc(C(C)C)c12. The van der Waals surface area contributed by atoms with Crippen molar-refractivity contribution in [3.63, 3.8) is 0 Å². The fourth-order valence-corrected chi connectivity index (χ4v) is 2.25. The van der Waals surface area contributed by atoms with Crippen molar-refractivity contribution in [3.05, 3.63) is 41.2 Å². The molecule has 104 valence electrons. The smallest absolute Gasteiger partial charge is 0.188 e. The van der Waals surface area contributed by atoms with Gasteiger partial charge in [0, 0.05) is 12.5 Å². The number of fused-ring (bicyclic) bond motifs is 1. The molecule has 2 nitrogen and oxygen atoms in total. The summed E-state index contributed by atoms with van der Waals surface area (Å²) in [6, 6.07) is 6.85. The molecule has 0 radical (unpaired) electrons. The van der Waals surface area contributed by atoms with E-state index in [4.69, 9.17) is 15.9 Å². The van der Waals surface area contributed by atoms with E-state index in [9.17, 15) is 4.39 Å². The van der Waals surface area contributed by atoms with Crippen LogP contribution in [-0.2, 0) is 4.74 Å². The van der Waals surface area contributed by atoms with Crippen LogP contribution >= 0.6 is 0 Å². The third-order valence-corrected chi connectivity index (χ3v) is 3.18. The number of hydrogen-bond donors (Lipinski definition) is 0. The van der Waals surface area contributed by atoms with E-state index in [1.54, 1.807) is 13.2 Å². The van der Waals surface area contributed by atoms with Crippen LogP contribution in [0.2, 0.25) is 0 Å². The van der Waals surface area contributed by atoms with Crippen molar-refractivity contribution in [1.82, 2.24) is 0 Å². The summed E-state index contributed by atoms with van der Waals surface area (Å²) in [5.41, 5.74) is 1.28. The highest BCUT2D eigenvalue weighted by molar-refractivity contribution is 5.92. The predicted molar refractivity (Wildman–Crippen MR) is 78.4 cm³/mol. The monoisotopic (exact) mass is 272 g/mol. The van der Waals surface area contributed by atoms with Gasteiger partial charge in [-0.15, -0.1) is 6.42 Å². The summed E-state index contributed by atoms with van der Waals surface area (Å²) in [5.74, 6) is 2.99. The third-order valence-electron chi connectivity index (χ3n) is 3.18. The Hall–Kier alpha value is -2.05. The van der Waals surface area contributed by atoms with E-state index in [1.165, 1.54) is 6.07 Å². The molecule has 0 heterocycles. The summed E-state index contributed by atoms with van der Waals surface area (Å²) in [5, 5.41) is 1.66. The Morgan fingerprint density at radius 3 is 2.65 bits per heavy atom. The summed E-state index contributed by atoms with van der Waals surface area (Å²) in [4.78, 5) is 0. The summed E-state index contributed by atoms with van der Waals surface area (Å²) < 4.78 is 24.3. The number of ether oxygens (including phenoxy) is 2. The van der Waals surface area contributed by atoms with Gasteiger partial charge in [-0.25, -0.2) is 4.39 Å². The molecule has 0 aliphatic rings. The third kappa shape index (κ3) is 2.61. The van der Waals surface area contributed by atoms with E-state index >= 15 is 0 Å². The Kier molecular flexibility index (Phi) is 4.26. The van der Waals surface area contributed by atoms with Gasteiger partial charge in [0.15, 0.2) is 6.79 Å². The molecule has 2 aromatic carbocycles. The molecule has 20 heavy (non-hydrogen) atoms. The molecule has 0 spiro atoms. The van der Waals surface area contributed by atoms with Gasteiger partial charge in [-0.2, -0.15) is 0 Å². The average Bonchev–Trinajstić information content (AvgIpc) is 2.44. The summed E-state index contributed by atoms with van der Waals surface area (Å²) in [6.45, 7) is 4.26. The zero-order valence-corrected chi connectivity index (χ0v) is 11.9. The first-order valence-corrected chi connectivity index (χ1v) is 6.43. The highest BCUT2D eigenvalue weighted by atomic mass is 19.1. The minimum atomic E-state index is -0.368. The normalized spacial score (nSPS) is 10.8. The maximum atomic E-state index is 13.9. The van der Waals surface area contributed by atoms with E-state index < -0.39 is 0 Å². The number of terminal acetylenes is 1. The minimum Gasteiger partial charge on any atom is -0.468 e. The fraction of sp³-hybridized carbons (Fsp3) is 0.294. The molecule has 0 N–H and O–H groups in total. The number of methoxy groups -OCH3 is 1. The molecule has 0 aliphatic carbocycles. The summed E-state index contributed by atoms with van der Waals surface area (Å²) in [6.07, 6.45) is 5.46. The molecule has 0 unspecified atom stereocenters. The zero-order valence-electron chi connectivity index (χ0n) is 11.9. The first-order chi connectivity index (χ1) is 9.58. The van der Waals surface area contributed by atoms with Crippen molar-refractivity contribution in [2.75, 3.05) is 13.9 Å². The number of rotatable bonds is 4. The number of benzene rings is 2. The molecule has 2 aromatic rings. The van der Waals surface area contributed by atoms with Crippen LogP contribution < -0.4 is 4.74 Å². The summed E-state index contributed by atoms with van der Waals surface area (Å²) >= 11 is 0. The zero-order chi connectivity index (χ0) is 14.7. The lowest BCUT2D eigenvalue weighted by atomic mass is 9.92. The fourth-order valence-electron chi connectivity index (χ4n) is 2.25. The van der Waals surface area contributed by atoms with Crippen LogP contribution in [-0.4, -0.2) is 13.9 Å². The first-order valence-electron chi connectivity index (χ1n) is 6.43. The molecule has 0 bridgehead atoms. The predicted octanol–water partition coefficient (Wildman–Crippen LogP) is 4.07. The van der Waals surface area contributed by atoms with Gasteiger partial charge in [-0.05, 0) is 35.1 Å². The van der Waals surface area contributed by atoms with Crippen LogP contribution in [0.1, 0.15) is 30.9 Å². The second kappa shape index (κ2) is 5.94. The molecule has 0 aromatic heterocycles. The van der Waals surface area contributed by atoms with E-state index in [0.29, 0.717) is 11.3 Å².